The lowest BCUT2D eigenvalue weighted by Gasteiger charge is -2.44. The van der Waals surface area contributed by atoms with Crippen LogP contribution in [-0.2, 0) is 10.8 Å². The molecule has 4 unspecified atom stereocenters. The predicted octanol–water partition coefficient (Wildman–Crippen LogP) is 18.8. The van der Waals surface area contributed by atoms with Crippen molar-refractivity contribution in [3.8, 4) is 27.9 Å². The monoisotopic (exact) mass is 1020 g/mol. The molecule has 386 valence electrons. The largest absolute Gasteiger partial charge is 0.456 e. The van der Waals surface area contributed by atoms with Crippen molar-refractivity contribution in [2.75, 3.05) is 9.71 Å². The van der Waals surface area contributed by atoms with Crippen LogP contribution in [0.5, 0.6) is 0 Å². The summed E-state index contributed by atoms with van der Waals surface area (Å²) < 4.78 is 9.64. The zero-order valence-corrected chi connectivity index (χ0v) is 45.6. The van der Waals surface area contributed by atoms with E-state index in [4.69, 9.17) is 4.42 Å². The summed E-state index contributed by atoms with van der Waals surface area (Å²) in [5.41, 5.74) is 22.8. The Morgan fingerprint density at radius 3 is 1.76 bits per heavy atom. The van der Waals surface area contributed by atoms with E-state index >= 15 is 0 Å². The topological polar surface area (TPSA) is 24.6 Å². The molecular formula is C74H66BN3O. The molecule has 4 heterocycles. The van der Waals surface area contributed by atoms with Crippen molar-refractivity contribution in [2.24, 2.45) is 23.7 Å². The average molecular weight is 1020 g/mol. The highest BCUT2D eigenvalue weighted by Gasteiger charge is 2.49. The lowest BCUT2D eigenvalue weighted by atomic mass is 9.43. The molecule has 4 saturated carbocycles. The highest BCUT2D eigenvalue weighted by molar-refractivity contribution is 6.93. The zero-order valence-electron chi connectivity index (χ0n) is 45.6. The van der Waals surface area contributed by atoms with Crippen LogP contribution in [-0.4, -0.2) is 11.4 Å². The molecule has 0 saturated heterocycles. The Bertz CT molecular complexity index is 4170. The number of furan rings is 1. The molecule has 2 aromatic heterocycles. The second-order valence-electron chi connectivity index (χ2n) is 25.3. The van der Waals surface area contributed by atoms with E-state index in [-0.39, 0.29) is 17.7 Å². The van der Waals surface area contributed by atoms with Crippen LogP contribution < -0.4 is 20.6 Å². The van der Waals surface area contributed by atoms with Gasteiger partial charge in [-0.2, -0.15) is 0 Å². The molecule has 0 radical (unpaired) electrons. The van der Waals surface area contributed by atoms with Gasteiger partial charge in [0.25, 0.3) is 0 Å². The standard InChI is InChI=1S/C74H66BN3O/c1-3-73(43-47-24-25-48(36-47)44-73)53-30-33-64-60(38-53)61-39-54(74(4-2)45-49-26-27-50(37-49)46-74)40-63-72(61)77(64)66-42-58(76(55-18-10-6-11-19-55)56-20-12-7-13-21-56)41-62-69-65(34-35-68-70(69)59-22-14-15-23-67(59)79-68)78(75(63)71(62)66)57-31-28-52(29-32-57)51-16-8-5-9-17-51/h5-23,28-35,38-42,47-50H,3-4,24-27,36-37,43-46H2,1-2H3. The third-order valence-electron chi connectivity index (χ3n) is 21.3. The van der Waals surface area contributed by atoms with Crippen molar-refractivity contribution in [1.29, 1.82) is 0 Å². The quantitative estimate of drug-likeness (QED) is 0.135. The van der Waals surface area contributed by atoms with Crippen molar-refractivity contribution in [3.63, 3.8) is 0 Å². The molecule has 0 N–H and O–H groups in total. The van der Waals surface area contributed by atoms with Crippen LogP contribution in [0, 0.1) is 23.7 Å². The molecular weight excluding hydrogens is 958 g/mol. The minimum absolute atomic E-state index is 0.128. The molecule has 4 fully saturated rings. The SMILES string of the molecule is CCC1(c2ccc3c(c2)c2cc(C4(CC)CC5CCC(C5)C4)cc4c2n3-c2cc(N(c3ccccc3)c3ccccc3)cc3c2B4N(c2ccc(-c4ccccc4)cc2)c2ccc4oc5ccccc5c4c2-3)CC2CCC(C2)C1. The van der Waals surface area contributed by atoms with E-state index in [1.807, 2.05) is 0 Å². The molecule has 4 bridgehead atoms. The van der Waals surface area contributed by atoms with Gasteiger partial charge >= 0.3 is 6.85 Å². The van der Waals surface area contributed by atoms with Gasteiger partial charge in [0.15, 0.2) is 0 Å². The minimum Gasteiger partial charge on any atom is -0.456 e. The Balaban J connectivity index is 1.02. The number of para-hydroxylation sites is 3. The number of hydrogen-bond donors (Lipinski definition) is 0. The summed E-state index contributed by atoms with van der Waals surface area (Å²) in [7, 11) is 0. The highest BCUT2D eigenvalue weighted by Crippen LogP contribution is 2.57. The summed E-state index contributed by atoms with van der Waals surface area (Å²) in [4.78, 5) is 5.24. The van der Waals surface area contributed by atoms with Crippen LogP contribution in [0.4, 0.5) is 28.4 Å². The summed E-state index contributed by atoms with van der Waals surface area (Å²) >= 11 is 0. The van der Waals surface area contributed by atoms with Gasteiger partial charge in [-0.1, -0.05) is 149 Å². The molecule has 79 heavy (non-hydrogen) atoms. The predicted molar refractivity (Wildman–Crippen MR) is 331 cm³/mol. The normalized spacial score (nSPS) is 23.5. The fourth-order valence-corrected chi connectivity index (χ4v) is 17.8. The minimum atomic E-state index is -0.129. The van der Waals surface area contributed by atoms with E-state index in [0.717, 1.165) is 57.3 Å². The van der Waals surface area contributed by atoms with Gasteiger partial charge in [0.05, 0.1) is 11.0 Å². The first-order valence-electron chi connectivity index (χ1n) is 30.1. The maximum Gasteiger partial charge on any atom is 0.333 e. The summed E-state index contributed by atoms with van der Waals surface area (Å²) in [6.45, 7) is 4.88. The van der Waals surface area contributed by atoms with Crippen LogP contribution in [0.1, 0.15) is 102 Å². The van der Waals surface area contributed by atoms with E-state index in [9.17, 15) is 0 Å². The van der Waals surface area contributed by atoms with Gasteiger partial charge in [0, 0.05) is 61.2 Å². The van der Waals surface area contributed by atoms with Crippen LogP contribution in [0.3, 0.4) is 0 Å². The summed E-state index contributed by atoms with van der Waals surface area (Å²) in [5.74, 6) is 3.30. The maximum absolute atomic E-state index is 6.89. The van der Waals surface area contributed by atoms with Crippen molar-refractivity contribution < 1.29 is 4.42 Å². The number of anilines is 5. The number of hydrogen-bond acceptors (Lipinski definition) is 3. The van der Waals surface area contributed by atoms with Crippen LogP contribution in [0.15, 0.2) is 199 Å². The maximum atomic E-state index is 6.89. The number of fused-ring (bicyclic) bond motifs is 15. The Kier molecular flexibility index (Phi) is 10.2. The van der Waals surface area contributed by atoms with Crippen LogP contribution in [0.2, 0.25) is 0 Å². The third kappa shape index (κ3) is 6.81. The van der Waals surface area contributed by atoms with Gasteiger partial charge in [-0.15, -0.1) is 0 Å². The first kappa shape index (κ1) is 46.2. The lowest BCUT2D eigenvalue weighted by Crippen LogP contribution is -2.61. The first-order valence-corrected chi connectivity index (χ1v) is 30.1. The summed E-state index contributed by atoms with van der Waals surface area (Å²) in [6, 6.07) is 74.3. The third-order valence-corrected chi connectivity index (χ3v) is 21.3. The molecule has 17 rings (SSSR count). The fourth-order valence-electron chi connectivity index (χ4n) is 17.8. The van der Waals surface area contributed by atoms with Crippen LogP contribution in [0.25, 0.3) is 71.7 Å². The molecule has 0 amide bonds. The molecule has 11 aromatic rings. The van der Waals surface area contributed by atoms with Crippen molar-refractivity contribution in [2.45, 2.75) is 102 Å². The number of nitrogens with zero attached hydrogens (tertiary/aromatic N) is 3. The zero-order chi connectivity index (χ0) is 52.1. The second-order valence-corrected chi connectivity index (χ2v) is 25.3. The fraction of sp³-hybridized carbons (Fsp3) is 0.270. The van der Waals surface area contributed by atoms with Crippen molar-refractivity contribution in [3.05, 3.63) is 205 Å². The Labute approximate surface area is 464 Å². The van der Waals surface area contributed by atoms with Gasteiger partial charge < -0.3 is 18.7 Å². The van der Waals surface area contributed by atoms with E-state index in [0.29, 0.717) is 0 Å². The number of aromatic nitrogens is 1. The lowest BCUT2D eigenvalue weighted by molar-refractivity contribution is 0.207. The second kappa shape index (κ2) is 17.4. The Morgan fingerprint density at radius 1 is 0.506 bits per heavy atom. The number of rotatable bonds is 9. The van der Waals surface area contributed by atoms with E-state index < -0.39 is 0 Å². The molecule has 5 heteroatoms. The van der Waals surface area contributed by atoms with Gasteiger partial charge in [-0.05, 0) is 210 Å². The van der Waals surface area contributed by atoms with Gasteiger partial charge in [-0.25, -0.2) is 0 Å². The van der Waals surface area contributed by atoms with E-state index in [2.05, 4.69) is 222 Å². The molecule has 6 aliphatic rings. The Morgan fingerprint density at radius 2 is 1.10 bits per heavy atom. The van der Waals surface area contributed by atoms with Gasteiger partial charge in [0.2, 0.25) is 0 Å². The van der Waals surface area contributed by atoms with Crippen molar-refractivity contribution in [1.82, 2.24) is 4.57 Å². The van der Waals surface area contributed by atoms with Crippen LogP contribution >= 0.6 is 0 Å². The molecule has 4 atom stereocenters. The average Bonchev–Trinajstić information content (AvgIpc) is 2.96. The van der Waals surface area contributed by atoms with Crippen molar-refractivity contribution >= 4 is 90.0 Å². The van der Waals surface area contributed by atoms with E-state index in [1.54, 1.807) is 11.1 Å². The summed E-state index contributed by atoms with van der Waals surface area (Å²) in [5, 5.41) is 5.17. The molecule has 4 aliphatic carbocycles. The Hall–Kier alpha value is -7.76. The smallest absolute Gasteiger partial charge is 0.333 e. The number of benzene rings is 9. The molecule has 4 nitrogen and oxygen atoms in total. The highest BCUT2D eigenvalue weighted by atomic mass is 16.3. The first-order chi connectivity index (χ1) is 38.9. The van der Waals surface area contributed by atoms with Gasteiger partial charge in [-0.3, -0.25) is 0 Å². The van der Waals surface area contributed by atoms with Gasteiger partial charge in [0.1, 0.15) is 11.2 Å². The summed E-state index contributed by atoms with van der Waals surface area (Å²) in [6.07, 6.45) is 16.0. The molecule has 9 aromatic carbocycles. The molecule has 2 aliphatic heterocycles. The van der Waals surface area contributed by atoms with E-state index in [1.165, 1.54) is 154 Å². The molecule has 0 spiro atoms.